The van der Waals surface area contributed by atoms with E-state index in [2.05, 4.69) is 36.7 Å². The summed E-state index contributed by atoms with van der Waals surface area (Å²) in [6, 6.07) is 4.16. The number of halogens is 2. The van der Waals surface area contributed by atoms with Crippen molar-refractivity contribution in [1.82, 2.24) is 14.6 Å². The highest BCUT2D eigenvalue weighted by Gasteiger charge is 2.29. The smallest absolute Gasteiger partial charge is 0.276 e. The summed E-state index contributed by atoms with van der Waals surface area (Å²) in [7, 11) is -3.77. The van der Waals surface area contributed by atoms with E-state index in [1.807, 2.05) is 0 Å². The number of nitrogens with two attached hydrogens (primary N) is 1. The molecule has 1 aliphatic heterocycles. The molecule has 0 bridgehead atoms. The number of amidine groups is 1. The summed E-state index contributed by atoms with van der Waals surface area (Å²) in [5.41, 5.74) is 0.582. The summed E-state index contributed by atoms with van der Waals surface area (Å²) >= 11 is 4.32. The predicted molar refractivity (Wildman–Crippen MR) is 104 cm³/mol. The molecular formula is C14H16BrFN6O4S2. The van der Waals surface area contributed by atoms with Gasteiger partial charge in [0.1, 0.15) is 5.82 Å². The maximum Gasteiger partial charge on any atom is 0.276 e. The molecule has 1 aromatic heterocycles. The number of nitrogens with one attached hydrogen (secondary N) is 1. The van der Waals surface area contributed by atoms with Crippen LogP contribution in [0.1, 0.15) is 18.5 Å². The van der Waals surface area contributed by atoms with Gasteiger partial charge in [-0.05, 0) is 57.3 Å². The van der Waals surface area contributed by atoms with E-state index in [4.69, 9.17) is 9.77 Å². The molecule has 1 fully saturated rings. The fourth-order valence-electron chi connectivity index (χ4n) is 2.63. The number of thioether (sulfide) groups is 1. The minimum Gasteiger partial charge on any atom is -0.409 e. The van der Waals surface area contributed by atoms with Gasteiger partial charge in [-0.25, -0.2) is 14.2 Å². The molecule has 28 heavy (non-hydrogen) atoms. The van der Waals surface area contributed by atoms with Crippen molar-refractivity contribution < 1.29 is 22.6 Å². The first kappa shape index (κ1) is 21.0. The highest BCUT2D eigenvalue weighted by atomic mass is 79.9. The van der Waals surface area contributed by atoms with Crippen molar-refractivity contribution in [3.05, 3.63) is 34.2 Å². The van der Waals surface area contributed by atoms with Gasteiger partial charge in [-0.1, -0.05) is 16.9 Å². The second-order valence-corrected chi connectivity index (χ2v) is 9.60. The summed E-state index contributed by atoms with van der Waals surface area (Å²) in [5, 5.41) is 28.3. The lowest BCUT2D eigenvalue weighted by molar-refractivity contribution is 0.296. The monoisotopic (exact) mass is 494 g/mol. The summed E-state index contributed by atoms with van der Waals surface area (Å²) in [5.74, 6) is -0.495. The Bertz CT molecular complexity index is 986. The van der Waals surface area contributed by atoms with Crippen LogP contribution >= 0.6 is 27.7 Å². The van der Waals surface area contributed by atoms with Crippen molar-refractivity contribution in [3.63, 3.8) is 0 Å². The van der Waals surface area contributed by atoms with Crippen LogP contribution in [0.5, 0.6) is 0 Å². The predicted octanol–water partition coefficient (Wildman–Crippen LogP) is 1.98. The molecule has 1 saturated heterocycles. The summed E-state index contributed by atoms with van der Waals surface area (Å²) < 4.78 is 42.7. The minimum absolute atomic E-state index is 0.0543. The van der Waals surface area contributed by atoms with Crippen LogP contribution in [0, 0.1) is 5.82 Å². The fourth-order valence-corrected chi connectivity index (χ4v) is 5.06. The summed E-state index contributed by atoms with van der Waals surface area (Å²) in [6.45, 7) is 0.587. The van der Waals surface area contributed by atoms with Crippen LogP contribution in [0.15, 0.2) is 37.5 Å². The Morgan fingerprint density at radius 1 is 1.50 bits per heavy atom. The van der Waals surface area contributed by atoms with E-state index in [9.17, 15) is 18.0 Å². The lowest BCUT2D eigenvalue weighted by Gasteiger charge is -2.29. The van der Waals surface area contributed by atoms with E-state index < -0.39 is 16.0 Å². The maximum atomic E-state index is 13.4. The summed E-state index contributed by atoms with van der Waals surface area (Å²) in [4.78, 5) is 0. The van der Waals surface area contributed by atoms with Crippen molar-refractivity contribution >= 4 is 49.4 Å². The molecule has 0 spiro atoms. The highest BCUT2D eigenvalue weighted by molar-refractivity contribution is 9.10. The molecule has 10 nitrogen and oxygen atoms in total. The quantitative estimate of drug-likeness (QED) is 0.247. The molecule has 1 unspecified atom stereocenters. The van der Waals surface area contributed by atoms with E-state index in [0.717, 1.165) is 6.42 Å². The van der Waals surface area contributed by atoms with Crippen LogP contribution < -0.4 is 10.5 Å². The number of oxime groups is 1. The van der Waals surface area contributed by atoms with Crippen LogP contribution in [0.3, 0.4) is 0 Å². The molecule has 4 N–H and O–H groups in total. The Balaban J connectivity index is 1.75. The highest BCUT2D eigenvalue weighted by Crippen LogP contribution is 2.31. The molecule has 3 rings (SSSR count). The molecule has 2 aromatic rings. The first-order chi connectivity index (χ1) is 13.3. The van der Waals surface area contributed by atoms with E-state index in [-0.39, 0.29) is 27.8 Å². The van der Waals surface area contributed by atoms with Crippen LogP contribution in [0.25, 0.3) is 0 Å². The first-order valence-electron chi connectivity index (χ1n) is 7.99. The van der Waals surface area contributed by atoms with E-state index in [1.165, 1.54) is 34.3 Å². The Morgan fingerprint density at radius 3 is 2.96 bits per heavy atom. The number of piperidine rings is 1. The first-order valence-corrected chi connectivity index (χ1v) is 11.2. The Labute approximate surface area is 172 Å². The third-order valence-corrected chi connectivity index (χ3v) is 6.81. The van der Waals surface area contributed by atoms with Crippen LogP contribution in [-0.2, 0) is 10.2 Å². The molecule has 0 amide bonds. The van der Waals surface area contributed by atoms with E-state index >= 15 is 0 Å². The Morgan fingerprint density at radius 2 is 2.29 bits per heavy atom. The fraction of sp³-hybridized carbons (Fsp3) is 0.357. The van der Waals surface area contributed by atoms with E-state index in [0.29, 0.717) is 23.7 Å². The largest absolute Gasteiger partial charge is 0.409 e. The Hall–Kier alpha value is -1.74. The molecule has 0 saturated carbocycles. The molecule has 2 heterocycles. The molecular weight excluding hydrogens is 479 g/mol. The molecule has 0 aliphatic carbocycles. The number of benzene rings is 1. The van der Waals surface area contributed by atoms with Crippen LogP contribution in [0.2, 0.25) is 0 Å². The number of nitrogens with zero attached hydrogens (tertiary/aromatic N) is 4. The third-order valence-electron chi connectivity index (χ3n) is 3.94. The molecule has 1 aromatic carbocycles. The van der Waals surface area contributed by atoms with Gasteiger partial charge in [-0.15, -0.1) is 0 Å². The molecule has 14 heteroatoms. The number of hydrogen-bond donors (Lipinski definition) is 3. The number of anilines is 1. The van der Waals surface area contributed by atoms with Gasteiger partial charge in [0.2, 0.25) is 5.84 Å². The van der Waals surface area contributed by atoms with Gasteiger partial charge in [0.15, 0.2) is 10.7 Å². The van der Waals surface area contributed by atoms with Gasteiger partial charge in [0, 0.05) is 24.0 Å². The van der Waals surface area contributed by atoms with E-state index in [1.54, 1.807) is 0 Å². The summed E-state index contributed by atoms with van der Waals surface area (Å²) in [6.07, 6.45) is 1.39. The SMILES string of the molecule is NS(=O)(=O)N1CCCC(Sc2nonc2C(=NO)Nc2ccc(F)c(Br)c2)C1. The van der Waals surface area contributed by atoms with Gasteiger partial charge in [0.05, 0.1) is 4.47 Å². The zero-order chi connectivity index (χ0) is 20.3. The lowest BCUT2D eigenvalue weighted by atomic mass is 10.2. The normalized spacial score (nSPS) is 19.0. The van der Waals surface area contributed by atoms with Gasteiger partial charge in [-0.3, -0.25) is 0 Å². The second-order valence-electron chi connectivity index (χ2n) is 5.91. The average molecular weight is 495 g/mol. The van der Waals surface area contributed by atoms with Gasteiger partial charge >= 0.3 is 0 Å². The van der Waals surface area contributed by atoms with Gasteiger partial charge in [-0.2, -0.15) is 12.7 Å². The average Bonchev–Trinajstić information content (AvgIpc) is 3.10. The van der Waals surface area contributed by atoms with Gasteiger partial charge in [0.25, 0.3) is 10.2 Å². The zero-order valence-corrected chi connectivity index (χ0v) is 17.5. The van der Waals surface area contributed by atoms with Gasteiger partial charge < -0.3 is 10.5 Å². The third kappa shape index (κ3) is 5.00. The Kier molecular flexibility index (Phi) is 6.54. The maximum absolute atomic E-state index is 13.4. The molecule has 1 aliphatic rings. The van der Waals surface area contributed by atoms with Crippen molar-refractivity contribution in [2.75, 3.05) is 18.4 Å². The van der Waals surface area contributed by atoms with Crippen molar-refractivity contribution in [2.45, 2.75) is 23.1 Å². The van der Waals surface area contributed by atoms with Crippen molar-refractivity contribution in [2.24, 2.45) is 10.3 Å². The zero-order valence-electron chi connectivity index (χ0n) is 14.2. The van der Waals surface area contributed by atoms with Crippen molar-refractivity contribution in [3.8, 4) is 0 Å². The molecule has 1 atom stereocenters. The lowest BCUT2D eigenvalue weighted by Crippen LogP contribution is -2.44. The topological polar surface area (TPSA) is 147 Å². The van der Waals surface area contributed by atoms with Crippen LogP contribution in [0.4, 0.5) is 10.1 Å². The standard InChI is InChI=1S/C14H16BrFN6O4S2/c15-10-6-8(3-4-11(10)16)18-13(19-23)12-14(21-26-20-12)27-9-2-1-5-22(7-9)28(17,24)25/h3-4,6,9,23H,1-2,5,7H2,(H,18,19)(H2,17,24,25). The number of hydrogen-bond acceptors (Lipinski definition) is 8. The van der Waals surface area contributed by atoms with Crippen molar-refractivity contribution in [1.29, 1.82) is 0 Å². The minimum atomic E-state index is -3.77. The number of aromatic nitrogens is 2. The number of rotatable bonds is 5. The van der Waals surface area contributed by atoms with Crippen LogP contribution in [-0.4, -0.2) is 52.4 Å². The molecule has 0 radical (unpaired) electrons. The molecule has 152 valence electrons. The second kappa shape index (κ2) is 8.73.